The summed E-state index contributed by atoms with van der Waals surface area (Å²) in [7, 11) is 0. The molecule has 6 nitrogen and oxygen atoms in total. The number of carbonyl (C=O) groups is 1. The van der Waals surface area contributed by atoms with Crippen molar-refractivity contribution in [1.29, 1.82) is 0 Å². The summed E-state index contributed by atoms with van der Waals surface area (Å²) in [5, 5.41) is 9.31. The lowest BCUT2D eigenvalue weighted by Gasteiger charge is -2.19. The first-order valence-corrected chi connectivity index (χ1v) is 10.0. The highest BCUT2D eigenvalue weighted by atomic mass is 35.5. The molecule has 1 aliphatic rings. The van der Waals surface area contributed by atoms with Gasteiger partial charge in [-0.15, -0.1) is 0 Å². The Morgan fingerprint density at radius 1 is 1.14 bits per heavy atom. The summed E-state index contributed by atoms with van der Waals surface area (Å²) in [6, 6.07) is 7.51. The zero-order valence-corrected chi connectivity index (χ0v) is 17.1. The van der Waals surface area contributed by atoms with Crippen LogP contribution in [0, 0.1) is 5.92 Å². The van der Waals surface area contributed by atoms with Crippen molar-refractivity contribution in [2.75, 3.05) is 5.32 Å². The maximum absolute atomic E-state index is 12.7. The van der Waals surface area contributed by atoms with Crippen LogP contribution in [0.3, 0.4) is 0 Å². The Kier molecular flexibility index (Phi) is 4.83. The number of amides is 1. The molecule has 3 aromatic rings. The number of hydrogen-bond donors (Lipinski definition) is 1. The summed E-state index contributed by atoms with van der Waals surface area (Å²) in [6.45, 7) is 6.22. The summed E-state index contributed by atoms with van der Waals surface area (Å²) in [6.07, 6.45) is 5.57. The maximum Gasteiger partial charge on any atom is 0.228 e. The SMILES string of the molecule is CC(C)(C)n1nc(-c2ccc(Cl)cc2)c2c(NC(=O)C3CCCC3)ncnc21. The minimum absolute atomic E-state index is 0.0306. The number of hydrogen-bond acceptors (Lipinski definition) is 4. The van der Waals surface area contributed by atoms with Gasteiger partial charge in [-0.1, -0.05) is 36.6 Å². The fourth-order valence-electron chi connectivity index (χ4n) is 3.73. The van der Waals surface area contributed by atoms with E-state index in [9.17, 15) is 4.79 Å². The Morgan fingerprint density at radius 2 is 1.82 bits per heavy atom. The monoisotopic (exact) mass is 397 g/mol. The molecule has 2 heterocycles. The molecule has 0 radical (unpaired) electrons. The number of halogens is 1. The van der Waals surface area contributed by atoms with E-state index in [1.807, 2.05) is 28.9 Å². The number of anilines is 1. The van der Waals surface area contributed by atoms with E-state index in [-0.39, 0.29) is 17.4 Å². The smallest absolute Gasteiger partial charge is 0.228 e. The van der Waals surface area contributed by atoms with Crippen molar-refractivity contribution in [3.63, 3.8) is 0 Å². The largest absolute Gasteiger partial charge is 0.310 e. The third-order valence-corrected chi connectivity index (χ3v) is 5.44. The molecule has 0 bridgehead atoms. The number of carbonyl (C=O) groups excluding carboxylic acids is 1. The van der Waals surface area contributed by atoms with E-state index in [1.165, 1.54) is 6.33 Å². The van der Waals surface area contributed by atoms with E-state index in [2.05, 4.69) is 36.1 Å². The van der Waals surface area contributed by atoms with Crippen molar-refractivity contribution in [3.05, 3.63) is 35.6 Å². The molecule has 1 aromatic carbocycles. The molecule has 2 aromatic heterocycles. The quantitative estimate of drug-likeness (QED) is 0.672. The van der Waals surface area contributed by atoms with Crippen molar-refractivity contribution in [2.45, 2.75) is 52.0 Å². The van der Waals surface area contributed by atoms with Crippen LogP contribution in [0.25, 0.3) is 22.3 Å². The highest BCUT2D eigenvalue weighted by molar-refractivity contribution is 6.30. The van der Waals surface area contributed by atoms with Crippen LogP contribution >= 0.6 is 11.6 Å². The third kappa shape index (κ3) is 3.49. The van der Waals surface area contributed by atoms with Gasteiger partial charge in [-0.2, -0.15) is 5.10 Å². The second kappa shape index (κ2) is 7.17. The normalized spacial score (nSPS) is 15.3. The van der Waals surface area contributed by atoms with Crippen molar-refractivity contribution in [3.8, 4) is 11.3 Å². The van der Waals surface area contributed by atoms with Gasteiger partial charge in [0, 0.05) is 16.5 Å². The van der Waals surface area contributed by atoms with Crippen LogP contribution in [0.4, 0.5) is 5.82 Å². The Bertz CT molecular complexity index is 1010. The Hall–Kier alpha value is -2.47. The molecule has 1 aliphatic carbocycles. The predicted molar refractivity (Wildman–Crippen MR) is 111 cm³/mol. The van der Waals surface area contributed by atoms with Crippen molar-refractivity contribution in [1.82, 2.24) is 19.7 Å². The van der Waals surface area contributed by atoms with Crippen LogP contribution in [0.1, 0.15) is 46.5 Å². The highest BCUT2D eigenvalue weighted by Gasteiger charge is 2.27. The van der Waals surface area contributed by atoms with Gasteiger partial charge in [0.1, 0.15) is 17.8 Å². The molecule has 7 heteroatoms. The first-order chi connectivity index (χ1) is 13.3. The molecule has 0 unspecified atom stereocenters. The van der Waals surface area contributed by atoms with E-state index in [0.717, 1.165) is 42.3 Å². The standard InChI is InChI=1S/C21H24ClN5O/c1-21(2,3)27-19-16(17(26-27)13-8-10-15(22)11-9-13)18(23-12-24-19)25-20(28)14-6-4-5-7-14/h8-12,14H,4-7H2,1-3H3,(H,23,24,25,28). The molecule has 146 valence electrons. The van der Waals surface area contributed by atoms with Gasteiger partial charge in [-0.25, -0.2) is 14.6 Å². The predicted octanol–water partition coefficient (Wildman–Crippen LogP) is 5.03. The van der Waals surface area contributed by atoms with E-state index in [0.29, 0.717) is 16.5 Å². The lowest BCUT2D eigenvalue weighted by atomic mass is 10.1. The van der Waals surface area contributed by atoms with Crippen molar-refractivity contribution >= 4 is 34.4 Å². The zero-order valence-electron chi connectivity index (χ0n) is 16.4. The third-order valence-electron chi connectivity index (χ3n) is 5.19. The van der Waals surface area contributed by atoms with Crippen LogP contribution in [-0.2, 0) is 10.3 Å². The van der Waals surface area contributed by atoms with Gasteiger partial charge in [0.05, 0.1) is 10.9 Å². The number of aromatic nitrogens is 4. The molecule has 1 fully saturated rings. The molecular formula is C21H24ClN5O. The Morgan fingerprint density at radius 3 is 2.46 bits per heavy atom. The highest BCUT2D eigenvalue weighted by Crippen LogP contribution is 2.35. The Balaban J connectivity index is 1.87. The summed E-state index contributed by atoms with van der Waals surface area (Å²) in [5.74, 6) is 0.604. The van der Waals surface area contributed by atoms with E-state index in [4.69, 9.17) is 16.7 Å². The molecular weight excluding hydrogens is 374 g/mol. The molecule has 0 atom stereocenters. The van der Waals surface area contributed by atoms with Gasteiger partial charge in [-0.3, -0.25) is 4.79 Å². The van der Waals surface area contributed by atoms with Crippen LogP contribution in [0.15, 0.2) is 30.6 Å². The number of fused-ring (bicyclic) bond motifs is 1. The number of benzene rings is 1. The summed E-state index contributed by atoms with van der Waals surface area (Å²) in [5.41, 5.74) is 2.07. The first kappa shape index (κ1) is 18.9. The minimum Gasteiger partial charge on any atom is -0.310 e. The van der Waals surface area contributed by atoms with Gasteiger partial charge < -0.3 is 5.32 Å². The molecule has 4 rings (SSSR count). The van der Waals surface area contributed by atoms with Gasteiger partial charge >= 0.3 is 0 Å². The van der Waals surface area contributed by atoms with Crippen LogP contribution in [0.5, 0.6) is 0 Å². The molecule has 1 amide bonds. The average molecular weight is 398 g/mol. The van der Waals surface area contributed by atoms with E-state index < -0.39 is 0 Å². The number of rotatable bonds is 3. The molecule has 1 N–H and O–H groups in total. The first-order valence-electron chi connectivity index (χ1n) is 9.65. The Labute approximate surface area is 169 Å². The van der Waals surface area contributed by atoms with Gasteiger partial charge in [0.2, 0.25) is 5.91 Å². The second-order valence-electron chi connectivity index (χ2n) is 8.33. The fraction of sp³-hybridized carbons (Fsp3) is 0.429. The van der Waals surface area contributed by atoms with E-state index >= 15 is 0 Å². The molecule has 0 saturated heterocycles. The van der Waals surface area contributed by atoms with Crippen molar-refractivity contribution < 1.29 is 4.79 Å². The van der Waals surface area contributed by atoms with Gasteiger partial charge in [0.15, 0.2) is 5.65 Å². The average Bonchev–Trinajstić information content (AvgIpc) is 3.30. The number of nitrogens with one attached hydrogen (secondary N) is 1. The van der Waals surface area contributed by atoms with E-state index in [1.54, 1.807) is 0 Å². The minimum atomic E-state index is -0.274. The maximum atomic E-state index is 12.7. The van der Waals surface area contributed by atoms with Crippen LogP contribution in [-0.4, -0.2) is 25.7 Å². The number of nitrogens with zero attached hydrogens (tertiary/aromatic N) is 4. The topological polar surface area (TPSA) is 72.7 Å². The lowest BCUT2D eigenvalue weighted by Crippen LogP contribution is -2.24. The molecule has 0 spiro atoms. The van der Waals surface area contributed by atoms with Crippen LogP contribution in [0.2, 0.25) is 5.02 Å². The molecule has 1 saturated carbocycles. The van der Waals surface area contributed by atoms with Gasteiger partial charge in [0.25, 0.3) is 0 Å². The molecule has 28 heavy (non-hydrogen) atoms. The van der Waals surface area contributed by atoms with Crippen molar-refractivity contribution in [2.24, 2.45) is 5.92 Å². The van der Waals surface area contributed by atoms with Crippen LogP contribution < -0.4 is 5.32 Å². The zero-order chi connectivity index (χ0) is 19.9. The lowest BCUT2D eigenvalue weighted by molar-refractivity contribution is -0.119. The van der Waals surface area contributed by atoms with Gasteiger partial charge in [-0.05, 0) is 45.7 Å². The summed E-state index contributed by atoms with van der Waals surface area (Å²) < 4.78 is 1.89. The summed E-state index contributed by atoms with van der Waals surface area (Å²) >= 11 is 6.06. The fourth-order valence-corrected chi connectivity index (χ4v) is 3.86. The second-order valence-corrected chi connectivity index (χ2v) is 8.77. The summed E-state index contributed by atoms with van der Waals surface area (Å²) in [4.78, 5) is 21.6. The molecule has 0 aliphatic heterocycles.